The van der Waals surface area contributed by atoms with Crippen LogP contribution in [0.25, 0.3) is 0 Å². The molecule has 0 radical (unpaired) electrons. The maximum absolute atomic E-state index is 13.1. The first-order valence-corrected chi connectivity index (χ1v) is 7.90. The predicted molar refractivity (Wildman–Crippen MR) is 91.4 cm³/mol. The Morgan fingerprint density at radius 2 is 2.04 bits per heavy atom. The summed E-state index contributed by atoms with van der Waals surface area (Å²) in [6, 6.07) is 9.54. The minimum absolute atomic E-state index is 0.0168. The standard InChI is InChI=1S/C19H23FN2O2/c1-13(19(2,3)4)22-18(23)15-8-9-17(21-11-15)24-12-14-6-5-7-16(20)10-14/h5-11,13H,12H2,1-4H3,(H,22,23)/t13-/m1/s1. The number of ether oxygens (including phenoxy) is 1. The average Bonchev–Trinajstić information content (AvgIpc) is 2.52. The van der Waals surface area contributed by atoms with Crippen LogP contribution in [0.4, 0.5) is 4.39 Å². The van der Waals surface area contributed by atoms with Gasteiger partial charge in [-0.15, -0.1) is 0 Å². The van der Waals surface area contributed by atoms with Crippen LogP contribution in [0.15, 0.2) is 42.6 Å². The van der Waals surface area contributed by atoms with Crippen LogP contribution >= 0.6 is 0 Å². The fraction of sp³-hybridized carbons (Fsp3) is 0.368. The van der Waals surface area contributed by atoms with Crippen LogP contribution in [0.5, 0.6) is 5.88 Å². The van der Waals surface area contributed by atoms with E-state index in [1.165, 1.54) is 18.3 Å². The first kappa shape index (κ1) is 17.9. The van der Waals surface area contributed by atoms with Gasteiger partial charge in [0.25, 0.3) is 5.91 Å². The molecule has 1 atom stereocenters. The number of carbonyl (C=O) groups is 1. The zero-order chi connectivity index (χ0) is 17.7. The number of benzene rings is 1. The molecule has 24 heavy (non-hydrogen) atoms. The van der Waals surface area contributed by atoms with Crippen molar-refractivity contribution in [1.82, 2.24) is 10.3 Å². The van der Waals surface area contributed by atoms with E-state index in [9.17, 15) is 9.18 Å². The molecule has 5 heteroatoms. The maximum Gasteiger partial charge on any atom is 0.253 e. The lowest BCUT2D eigenvalue weighted by Gasteiger charge is -2.28. The molecule has 128 valence electrons. The normalized spacial score (nSPS) is 12.5. The van der Waals surface area contributed by atoms with Crippen molar-refractivity contribution in [2.24, 2.45) is 5.41 Å². The number of hydrogen-bond acceptors (Lipinski definition) is 3. The van der Waals surface area contributed by atoms with E-state index in [1.807, 2.05) is 6.92 Å². The highest BCUT2D eigenvalue weighted by Gasteiger charge is 2.22. The van der Waals surface area contributed by atoms with Crippen molar-refractivity contribution in [2.75, 3.05) is 0 Å². The van der Waals surface area contributed by atoms with Crippen LogP contribution in [0, 0.1) is 11.2 Å². The number of hydrogen-bond donors (Lipinski definition) is 1. The molecule has 0 aliphatic heterocycles. The first-order chi connectivity index (χ1) is 11.3. The molecule has 1 heterocycles. The Bertz CT molecular complexity index is 693. The molecule has 4 nitrogen and oxygen atoms in total. The quantitative estimate of drug-likeness (QED) is 0.902. The zero-order valence-electron chi connectivity index (χ0n) is 14.5. The highest BCUT2D eigenvalue weighted by atomic mass is 19.1. The predicted octanol–water partition coefficient (Wildman–Crippen LogP) is 3.96. The summed E-state index contributed by atoms with van der Waals surface area (Å²) in [4.78, 5) is 16.3. The molecule has 0 bridgehead atoms. The second-order valence-electron chi connectivity index (χ2n) is 6.86. The van der Waals surface area contributed by atoms with Gasteiger partial charge in [0.05, 0.1) is 5.56 Å². The highest BCUT2D eigenvalue weighted by Crippen LogP contribution is 2.19. The average molecular weight is 330 g/mol. The van der Waals surface area contributed by atoms with Gasteiger partial charge in [0, 0.05) is 18.3 Å². The summed E-state index contributed by atoms with van der Waals surface area (Å²) in [5, 5.41) is 2.96. The Morgan fingerprint density at radius 1 is 1.29 bits per heavy atom. The molecular weight excluding hydrogens is 307 g/mol. The number of aromatic nitrogens is 1. The lowest BCUT2D eigenvalue weighted by atomic mass is 9.88. The molecule has 2 rings (SSSR count). The Morgan fingerprint density at radius 3 is 2.62 bits per heavy atom. The summed E-state index contributed by atoms with van der Waals surface area (Å²) in [6.45, 7) is 8.40. The molecule has 1 amide bonds. The minimum atomic E-state index is -0.302. The van der Waals surface area contributed by atoms with Crippen LogP contribution in [-0.2, 0) is 6.61 Å². The third-order valence-corrected chi connectivity index (χ3v) is 3.92. The Kier molecular flexibility index (Phi) is 5.54. The van der Waals surface area contributed by atoms with Gasteiger partial charge in [-0.3, -0.25) is 4.79 Å². The second kappa shape index (κ2) is 7.43. The van der Waals surface area contributed by atoms with E-state index in [-0.39, 0.29) is 29.8 Å². The van der Waals surface area contributed by atoms with Crippen molar-refractivity contribution in [3.8, 4) is 5.88 Å². The molecule has 1 aromatic carbocycles. The first-order valence-electron chi connectivity index (χ1n) is 7.90. The van der Waals surface area contributed by atoms with E-state index in [4.69, 9.17) is 4.74 Å². The van der Waals surface area contributed by atoms with Crippen LogP contribution in [0.1, 0.15) is 43.6 Å². The van der Waals surface area contributed by atoms with Gasteiger partial charge in [0.15, 0.2) is 0 Å². The molecule has 0 spiro atoms. The summed E-state index contributed by atoms with van der Waals surface area (Å²) in [7, 11) is 0. The number of halogens is 1. The van der Waals surface area contributed by atoms with Crippen molar-refractivity contribution < 1.29 is 13.9 Å². The summed E-state index contributed by atoms with van der Waals surface area (Å²) < 4.78 is 18.6. The number of nitrogens with one attached hydrogen (secondary N) is 1. The van der Waals surface area contributed by atoms with Gasteiger partial charge in [-0.1, -0.05) is 32.9 Å². The molecular formula is C19H23FN2O2. The lowest BCUT2D eigenvalue weighted by molar-refractivity contribution is 0.0909. The van der Waals surface area contributed by atoms with Crippen LogP contribution < -0.4 is 10.1 Å². The molecule has 0 saturated carbocycles. The van der Waals surface area contributed by atoms with Gasteiger partial charge in [-0.25, -0.2) is 9.37 Å². The maximum atomic E-state index is 13.1. The van der Waals surface area contributed by atoms with E-state index >= 15 is 0 Å². The largest absolute Gasteiger partial charge is 0.473 e. The van der Waals surface area contributed by atoms with E-state index in [1.54, 1.807) is 24.3 Å². The summed E-state index contributed by atoms with van der Waals surface area (Å²) in [6.07, 6.45) is 1.48. The van der Waals surface area contributed by atoms with Gasteiger partial charge in [-0.2, -0.15) is 0 Å². The number of amides is 1. The molecule has 0 aliphatic rings. The molecule has 1 aromatic heterocycles. The molecule has 1 N–H and O–H groups in total. The van der Waals surface area contributed by atoms with Crippen LogP contribution in [0.3, 0.4) is 0 Å². The molecule has 0 unspecified atom stereocenters. The van der Waals surface area contributed by atoms with Crippen LogP contribution in [0.2, 0.25) is 0 Å². The fourth-order valence-electron chi connectivity index (χ4n) is 1.88. The fourth-order valence-corrected chi connectivity index (χ4v) is 1.88. The van der Waals surface area contributed by atoms with Crippen molar-refractivity contribution >= 4 is 5.91 Å². The highest BCUT2D eigenvalue weighted by molar-refractivity contribution is 5.94. The van der Waals surface area contributed by atoms with Crippen molar-refractivity contribution in [3.05, 3.63) is 59.5 Å². The van der Waals surface area contributed by atoms with E-state index < -0.39 is 0 Å². The third kappa shape index (κ3) is 5.05. The van der Waals surface area contributed by atoms with E-state index in [0.717, 1.165) is 5.56 Å². The van der Waals surface area contributed by atoms with E-state index in [2.05, 4.69) is 31.1 Å². The Balaban J connectivity index is 1.94. The SMILES string of the molecule is C[C@@H](NC(=O)c1ccc(OCc2cccc(F)c2)nc1)C(C)(C)C. The second-order valence-corrected chi connectivity index (χ2v) is 6.86. The Labute approximate surface area is 142 Å². The van der Waals surface area contributed by atoms with Gasteiger partial charge in [0.1, 0.15) is 12.4 Å². The number of pyridine rings is 1. The minimum Gasteiger partial charge on any atom is -0.473 e. The third-order valence-electron chi connectivity index (χ3n) is 3.92. The molecule has 0 saturated heterocycles. The van der Waals surface area contributed by atoms with Gasteiger partial charge in [-0.05, 0) is 36.1 Å². The Hall–Kier alpha value is -2.43. The topological polar surface area (TPSA) is 51.2 Å². The number of carbonyl (C=O) groups excluding carboxylic acids is 1. The summed E-state index contributed by atoms with van der Waals surface area (Å²) in [5.41, 5.74) is 1.18. The summed E-state index contributed by atoms with van der Waals surface area (Å²) in [5.74, 6) is -0.0784. The van der Waals surface area contributed by atoms with Crippen molar-refractivity contribution in [1.29, 1.82) is 0 Å². The molecule has 2 aromatic rings. The van der Waals surface area contributed by atoms with Gasteiger partial charge in [0.2, 0.25) is 5.88 Å². The van der Waals surface area contributed by atoms with E-state index in [0.29, 0.717) is 11.4 Å². The van der Waals surface area contributed by atoms with Gasteiger partial charge < -0.3 is 10.1 Å². The smallest absolute Gasteiger partial charge is 0.253 e. The zero-order valence-corrected chi connectivity index (χ0v) is 14.5. The lowest BCUT2D eigenvalue weighted by Crippen LogP contribution is -2.41. The summed E-state index contributed by atoms with van der Waals surface area (Å²) >= 11 is 0. The van der Waals surface area contributed by atoms with Crippen molar-refractivity contribution in [3.63, 3.8) is 0 Å². The van der Waals surface area contributed by atoms with Gasteiger partial charge >= 0.3 is 0 Å². The van der Waals surface area contributed by atoms with Crippen molar-refractivity contribution in [2.45, 2.75) is 40.3 Å². The van der Waals surface area contributed by atoms with Crippen LogP contribution in [-0.4, -0.2) is 16.9 Å². The molecule has 0 aliphatic carbocycles. The number of nitrogens with zero attached hydrogens (tertiary/aromatic N) is 1. The monoisotopic (exact) mass is 330 g/mol. The number of rotatable bonds is 5. The molecule has 0 fully saturated rings.